The zero-order chi connectivity index (χ0) is 15.8. The average molecular weight is 301 g/mol. The van der Waals surface area contributed by atoms with Crippen LogP contribution in [0.1, 0.15) is 12.5 Å². The molecule has 0 saturated carbocycles. The van der Waals surface area contributed by atoms with Gasteiger partial charge in [0.2, 0.25) is 0 Å². The minimum atomic E-state index is 0.670. The molecule has 2 nitrogen and oxygen atoms in total. The molecule has 3 aromatic carbocycles. The molecular weight excluding hydrogens is 282 g/mol. The van der Waals surface area contributed by atoms with E-state index in [4.69, 9.17) is 4.74 Å². The van der Waals surface area contributed by atoms with Gasteiger partial charge in [0.25, 0.3) is 0 Å². The molecule has 2 heteroatoms. The summed E-state index contributed by atoms with van der Waals surface area (Å²) < 4.78 is 5.91. The number of hydrogen-bond donors (Lipinski definition) is 1. The Labute approximate surface area is 135 Å². The van der Waals surface area contributed by atoms with E-state index in [-0.39, 0.29) is 0 Å². The van der Waals surface area contributed by atoms with Gasteiger partial charge < -0.3 is 9.72 Å². The second-order valence-corrected chi connectivity index (χ2v) is 5.77. The minimum Gasteiger partial charge on any atom is -0.494 e. The van der Waals surface area contributed by atoms with Crippen LogP contribution in [0, 0.1) is 6.92 Å². The number of nitrogens with one attached hydrogen (secondary N) is 1. The fraction of sp³-hybridized carbons (Fsp3) is 0.143. The second kappa shape index (κ2) is 5.47. The molecule has 0 spiro atoms. The first-order chi connectivity index (χ1) is 11.3. The molecule has 23 heavy (non-hydrogen) atoms. The van der Waals surface area contributed by atoms with E-state index in [1.165, 1.54) is 33.0 Å². The Hall–Kier alpha value is -2.74. The largest absolute Gasteiger partial charge is 0.494 e. The number of hydrogen-bond acceptors (Lipinski definition) is 1. The van der Waals surface area contributed by atoms with Crippen LogP contribution < -0.4 is 4.74 Å². The molecular formula is C21H19NO. The zero-order valence-electron chi connectivity index (χ0n) is 13.4. The quantitative estimate of drug-likeness (QED) is 0.516. The van der Waals surface area contributed by atoms with Crippen LogP contribution >= 0.6 is 0 Å². The standard InChI is InChI=1S/C21H19NO/c1-3-23-19-13-17-16-11-7-8-12-18(16)22-21(17)20(14(19)2)15-9-5-4-6-10-15/h4-13,22H,3H2,1-2H3. The summed E-state index contributed by atoms with van der Waals surface area (Å²) in [6, 6.07) is 21.1. The number of benzene rings is 3. The first-order valence-corrected chi connectivity index (χ1v) is 8.02. The maximum atomic E-state index is 5.91. The number of ether oxygens (including phenoxy) is 1. The molecule has 1 heterocycles. The fourth-order valence-electron chi connectivity index (χ4n) is 3.33. The molecule has 0 fully saturated rings. The fourth-order valence-corrected chi connectivity index (χ4v) is 3.33. The van der Waals surface area contributed by atoms with Crippen molar-refractivity contribution >= 4 is 21.8 Å². The van der Waals surface area contributed by atoms with E-state index in [1.807, 2.05) is 13.0 Å². The van der Waals surface area contributed by atoms with E-state index in [9.17, 15) is 0 Å². The molecule has 0 aliphatic heterocycles. The van der Waals surface area contributed by atoms with Gasteiger partial charge in [-0.25, -0.2) is 0 Å². The predicted molar refractivity (Wildman–Crippen MR) is 97.1 cm³/mol. The van der Waals surface area contributed by atoms with Crippen LogP contribution in [-0.2, 0) is 0 Å². The Morgan fingerprint density at radius 3 is 2.43 bits per heavy atom. The molecule has 1 N–H and O–H groups in total. The van der Waals surface area contributed by atoms with Gasteiger partial charge >= 0.3 is 0 Å². The topological polar surface area (TPSA) is 25.0 Å². The third-order valence-electron chi connectivity index (χ3n) is 4.38. The number of H-pyrrole nitrogens is 1. The third kappa shape index (κ3) is 2.18. The van der Waals surface area contributed by atoms with Gasteiger partial charge in [0, 0.05) is 27.4 Å². The lowest BCUT2D eigenvalue weighted by Gasteiger charge is -2.14. The number of fused-ring (bicyclic) bond motifs is 3. The number of rotatable bonds is 3. The lowest BCUT2D eigenvalue weighted by Crippen LogP contribution is -1.96. The summed E-state index contributed by atoms with van der Waals surface area (Å²) in [6.45, 7) is 4.84. The Morgan fingerprint density at radius 1 is 0.913 bits per heavy atom. The van der Waals surface area contributed by atoms with Gasteiger partial charge in [0.05, 0.1) is 12.1 Å². The summed E-state index contributed by atoms with van der Waals surface area (Å²) in [5.41, 5.74) is 5.95. The van der Waals surface area contributed by atoms with Gasteiger partial charge in [-0.1, -0.05) is 48.5 Å². The SMILES string of the molecule is CCOc1cc2c([nH]c3ccccc32)c(-c2ccccc2)c1C. The summed E-state index contributed by atoms with van der Waals surface area (Å²) in [7, 11) is 0. The van der Waals surface area contributed by atoms with Crippen molar-refractivity contribution in [3.8, 4) is 16.9 Å². The minimum absolute atomic E-state index is 0.670. The maximum absolute atomic E-state index is 5.91. The molecule has 4 aromatic rings. The molecule has 0 amide bonds. The first kappa shape index (κ1) is 13.9. The predicted octanol–water partition coefficient (Wildman–Crippen LogP) is 5.70. The van der Waals surface area contributed by atoms with Crippen molar-refractivity contribution in [2.24, 2.45) is 0 Å². The van der Waals surface area contributed by atoms with Gasteiger partial charge in [-0.15, -0.1) is 0 Å². The van der Waals surface area contributed by atoms with Crippen LogP contribution in [0.4, 0.5) is 0 Å². The Morgan fingerprint density at radius 2 is 1.65 bits per heavy atom. The lowest BCUT2D eigenvalue weighted by atomic mass is 9.96. The maximum Gasteiger partial charge on any atom is 0.123 e. The van der Waals surface area contributed by atoms with E-state index in [2.05, 4.69) is 66.5 Å². The summed E-state index contributed by atoms with van der Waals surface area (Å²) in [5.74, 6) is 0.962. The molecule has 1 aromatic heterocycles. The smallest absolute Gasteiger partial charge is 0.123 e. The molecule has 0 bridgehead atoms. The van der Waals surface area contributed by atoms with Gasteiger partial charge in [-0.2, -0.15) is 0 Å². The van der Waals surface area contributed by atoms with E-state index in [0.717, 1.165) is 11.3 Å². The zero-order valence-corrected chi connectivity index (χ0v) is 13.4. The molecule has 4 rings (SSSR count). The summed E-state index contributed by atoms with van der Waals surface area (Å²) >= 11 is 0. The average Bonchev–Trinajstić information content (AvgIpc) is 2.95. The van der Waals surface area contributed by atoms with Gasteiger partial charge in [0.1, 0.15) is 5.75 Å². The highest BCUT2D eigenvalue weighted by Gasteiger charge is 2.16. The second-order valence-electron chi connectivity index (χ2n) is 5.77. The van der Waals surface area contributed by atoms with E-state index in [0.29, 0.717) is 6.61 Å². The van der Waals surface area contributed by atoms with Crippen molar-refractivity contribution in [1.82, 2.24) is 4.98 Å². The lowest BCUT2D eigenvalue weighted by molar-refractivity contribution is 0.338. The van der Waals surface area contributed by atoms with Crippen molar-refractivity contribution < 1.29 is 4.74 Å². The van der Waals surface area contributed by atoms with Crippen LogP contribution in [0.25, 0.3) is 32.9 Å². The van der Waals surface area contributed by atoms with Gasteiger partial charge in [0.15, 0.2) is 0 Å². The van der Waals surface area contributed by atoms with E-state index in [1.54, 1.807) is 0 Å². The van der Waals surface area contributed by atoms with Crippen molar-refractivity contribution in [3.05, 3.63) is 66.2 Å². The Balaban J connectivity index is 2.15. The van der Waals surface area contributed by atoms with Crippen molar-refractivity contribution in [2.45, 2.75) is 13.8 Å². The summed E-state index contributed by atoms with van der Waals surface area (Å²) in [4.78, 5) is 3.60. The Kier molecular flexibility index (Phi) is 3.30. The van der Waals surface area contributed by atoms with E-state index >= 15 is 0 Å². The molecule has 114 valence electrons. The van der Waals surface area contributed by atoms with E-state index < -0.39 is 0 Å². The third-order valence-corrected chi connectivity index (χ3v) is 4.38. The van der Waals surface area contributed by atoms with Crippen molar-refractivity contribution in [3.63, 3.8) is 0 Å². The molecule has 0 saturated heterocycles. The van der Waals surface area contributed by atoms with Crippen LogP contribution in [-0.4, -0.2) is 11.6 Å². The molecule has 0 radical (unpaired) electrons. The van der Waals surface area contributed by atoms with Crippen molar-refractivity contribution in [2.75, 3.05) is 6.61 Å². The van der Waals surface area contributed by atoms with Crippen LogP contribution in [0.3, 0.4) is 0 Å². The number of aromatic nitrogens is 1. The van der Waals surface area contributed by atoms with Crippen molar-refractivity contribution in [1.29, 1.82) is 0 Å². The highest BCUT2D eigenvalue weighted by atomic mass is 16.5. The molecule has 0 aliphatic rings. The van der Waals surface area contributed by atoms with Crippen LogP contribution in [0.15, 0.2) is 60.7 Å². The first-order valence-electron chi connectivity index (χ1n) is 8.02. The summed E-state index contributed by atoms with van der Waals surface area (Å²) in [5, 5.41) is 2.45. The highest BCUT2D eigenvalue weighted by molar-refractivity contribution is 6.13. The normalized spacial score (nSPS) is 11.2. The monoisotopic (exact) mass is 301 g/mol. The Bertz CT molecular complexity index is 983. The van der Waals surface area contributed by atoms with Gasteiger partial charge in [-0.05, 0) is 31.5 Å². The van der Waals surface area contributed by atoms with Crippen LogP contribution in [0.5, 0.6) is 5.75 Å². The van der Waals surface area contributed by atoms with Gasteiger partial charge in [-0.3, -0.25) is 0 Å². The highest BCUT2D eigenvalue weighted by Crippen LogP contribution is 2.40. The number of para-hydroxylation sites is 1. The summed E-state index contributed by atoms with van der Waals surface area (Å²) in [6.07, 6.45) is 0. The number of aromatic amines is 1. The molecule has 0 aliphatic carbocycles. The van der Waals surface area contributed by atoms with Crippen LogP contribution in [0.2, 0.25) is 0 Å². The molecule has 0 atom stereocenters. The molecule has 0 unspecified atom stereocenters.